The van der Waals surface area contributed by atoms with Crippen LogP contribution in [-0.4, -0.2) is 6.79 Å². The fourth-order valence-corrected chi connectivity index (χ4v) is 0.470. The summed E-state index contributed by atoms with van der Waals surface area (Å²) >= 11 is 0. The maximum atomic E-state index is 10.0. The molecule has 1 rings (SSSR count). The summed E-state index contributed by atoms with van der Waals surface area (Å²) in [6.07, 6.45) is 0. The van der Waals surface area contributed by atoms with Crippen LogP contribution in [0.1, 0.15) is 0 Å². The molecule has 1 heterocycles. The summed E-state index contributed by atoms with van der Waals surface area (Å²) in [7, 11) is -2.97. The quantitative estimate of drug-likeness (QED) is 0.446. The Balaban J connectivity index is 2.53. The highest BCUT2D eigenvalue weighted by Gasteiger charge is 2.27. The Morgan fingerprint density at radius 2 is 2.00 bits per heavy atom. The van der Waals surface area contributed by atoms with Gasteiger partial charge < -0.3 is 0 Å². The van der Waals surface area contributed by atoms with E-state index >= 15 is 0 Å². The molecule has 0 saturated carbocycles. The van der Waals surface area contributed by atoms with Crippen LogP contribution in [0.2, 0.25) is 0 Å². The van der Waals surface area contributed by atoms with E-state index in [1.54, 1.807) is 0 Å². The van der Waals surface area contributed by atoms with Crippen LogP contribution in [0.4, 0.5) is 0 Å². The van der Waals surface area contributed by atoms with E-state index in [4.69, 9.17) is 5.50 Å². The van der Waals surface area contributed by atoms with Crippen molar-refractivity contribution in [1.29, 1.82) is 0 Å². The molecular weight excluding hydrogens is 105 g/mol. The second kappa shape index (κ2) is 1.04. The summed E-state index contributed by atoms with van der Waals surface area (Å²) in [6.45, 7) is 0.0772. The Morgan fingerprint density at radius 1 is 1.67 bits per heavy atom. The maximum Gasteiger partial charge on any atom is 0.407 e. The summed E-state index contributed by atoms with van der Waals surface area (Å²) in [6, 6.07) is 0. The van der Waals surface area contributed by atoms with Gasteiger partial charge in [-0.2, -0.15) is 0 Å². The van der Waals surface area contributed by atoms with Gasteiger partial charge in [-0.15, -0.1) is 0 Å². The molecule has 1 aliphatic rings. The van der Waals surface area contributed by atoms with Crippen molar-refractivity contribution in [2.24, 2.45) is 5.50 Å². The average molecular weight is 109 g/mol. The number of hydrogen-bond acceptors (Lipinski definition) is 3. The lowest BCUT2D eigenvalue weighted by Gasteiger charge is -2.20. The molecule has 36 valence electrons. The van der Waals surface area contributed by atoms with Crippen LogP contribution in [0.3, 0.4) is 0 Å². The zero-order valence-electron chi connectivity index (χ0n) is 2.96. The molecule has 0 aromatic heterocycles. The summed E-state index contributed by atoms with van der Waals surface area (Å²) in [5.74, 6) is 0. The molecule has 4 nitrogen and oxygen atoms in total. The third-order valence-corrected chi connectivity index (χ3v) is 1.40. The van der Waals surface area contributed by atoms with Crippen LogP contribution in [0.25, 0.3) is 0 Å². The van der Waals surface area contributed by atoms with Gasteiger partial charge in [0.1, 0.15) is 0 Å². The minimum atomic E-state index is -2.97. The average Bonchev–Trinajstić information content (AvgIpc) is 1.32. The van der Waals surface area contributed by atoms with Gasteiger partial charge in [0.25, 0.3) is 0 Å². The van der Waals surface area contributed by atoms with Gasteiger partial charge >= 0.3 is 7.75 Å². The lowest BCUT2D eigenvalue weighted by atomic mass is 11.6. The normalized spacial score (nSPS) is 28.8. The topological polar surface area (TPSA) is 61.6 Å². The van der Waals surface area contributed by atoms with Crippen LogP contribution < -0.4 is 5.50 Å². The zero-order valence-corrected chi connectivity index (χ0v) is 3.85. The summed E-state index contributed by atoms with van der Waals surface area (Å²) in [5, 5.41) is 0. The first kappa shape index (κ1) is 4.27. The first-order valence-corrected chi connectivity index (χ1v) is 3.00. The fraction of sp³-hybridized carbons (Fsp3) is 1.00. The van der Waals surface area contributed by atoms with E-state index in [1.807, 2.05) is 0 Å². The van der Waals surface area contributed by atoms with Crippen LogP contribution in [-0.2, 0) is 13.6 Å². The molecule has 0 radical (unpaired) electrons. The summed E-state index contributed by atoms with van der Waals surface area (Å²) < 4.78 is 18.5. The van der Waals surface area contributed by atoms with E-state index in [-0.39, 0.29) is 6.79 Å². The molecule has 0 amide bonds. The lowest BCUT2D eigenvalue weighted by Crippen LogP contribution is -2.15. The van der Waals surface area contributed by atoms with Gasteiger partial charge in [-0.3, -0.25) is 9.05 Å². The molecule has 1 fully saturated rings. The van der Waals surface area contributed by atoms with Crippen LogP contribution in [0, 0.1) is 0 Å². The minimum Gasteiger partial charge on any atom is -0.269 e. The van der Waals surface area contributed by atoms with Gasteiger partial charge in [-0.05, 0) is 0 Å². The van der Waals surface area contributed by atoms with Crippen molar-refractivity contribution in [2.75, 3.05) is 6.79 Å². The highest BCUT2D eigenvalue weighted by Crippen LogP contribution is 2.47. The number of nitrogens with two attached hydrogens (primary N) is 1. The molecule has 0 aliphatic carbocycles. The van der Waals surface area contributed by atoms with Crippen molar-refractivity contribution < 1.29 is 13.6 Å². The largest absolute Gasteiger partial charge is 0.407 e. The molecule has 2 N–H and O–H groups in total. The Morgan fingerprint density at radius 3 is 2.00 bits per heavy atom. The monoisotopic (exact) mass is 109 g/mol. The second-order valence-corrected chi connectivity index (χ2v) is 2.51. The van der Waals surface area contributed by atoms with Gasteiger partial charge in [0.05, 0.1) is 0 Å². The Bertz CT molecular complexity index is 93.0. The van der Waals surface area contributed by atoms with Crippen LogP contribution in [0.5, 0.6) is 0 Å². The highest BCUT2D eigenvalue weighted by atomic mass is 31.2. The van der Waals surface area contributed by atoms with Gasteiger partial charge in [-0.1, -0.05) is 0 Å². The van der Waals surface area contributed by atoms with Crippen molar-refractivity contribution in [1.82, 2.24) is 0 Å². The van der Waals surface area contributed by atoms with E-state index in [1.165, 1.54) is 0 Å². The first-order valence-electron chi connectivity index (χ1n) is 1.38. The van der Waals surface area contributed by atoms with E-state index in [0.717, 1.165) is 0 Å². The molecule has 0 aromatic carbocycles. The molecular formula is CH4NO3P. The Kier molecular flexibility index (Phi) is 0.741. The van der Waals surface area contributed by atoms with Crippen molar-refractivity contribution in [3.05, 3.63) is 0 Å². The predicted molar refractivity (Wildman–Crippen MR) is 18.8 cm³/mol. The predicted octanol–water partition coefficient (Wildman–Crippen LogP) is 0.0575. The Labute approximate surface area is 34.8 Å². The summed E-state index contributed by atoms with van der Waals surface area (Å²) in [5.41, 5.74) is 4.73. The Hall–Kier alpha value is 0.110. The third-order valence-electron chi connectivity index (χ3n) is 0.465. The third kappa shape index (κ3) is 0.604. The molecule has 0 atom stereocenters. The van der Waals surface area contributed by atoms with Gasteiger partial charge in [0.15, 0.2) is 6.79 Å². The van der Waals surface area contributed by atoms with Crippen LogP contribution in [0.15, 0.2) is 0 Å². The van der Waals surface area contributed by atoms with E-state index in [0.29, 0.717) is 0 Å². The van der Waals surface area contributed by atoms with E-state index < -0.39 is 7.75 Å². The van der Waals surface area contributed by atoms with Crippen LogP contribution >= 0.6 is 7.75 Å². The maximum absolute atomic E-state index is 10.0. The molecule has 0 spiro atoms. The van der Waals surface area contributed by atoms with E-state index in [2.05, 4.69) is 9.05 Å². The smallest absolute Gasteiger partial charge is 0.269 e. The molecule has 0 unspecified atom stereocenters. The molecule has 6 heavy (non-hydrogen) atoms. The first-order chi connectivity index (χ1) is 2.71. The fourth-order valence-electron chi connectivity index (χ4n) is 0.157. The zero-order chi connectivity index (χ0) is 4.62. The minimum absolute atomic E-state index is 0.0772. The molecule has 0 aromatic rings. The highest BCUT2D eigenvalue weighted by molar-refractivity contribution is 7.52. The standard InChI is InChI=1S/CH4NO3P/c2-6(3)4-1-5-6/h1H2,(H2,2,3). The SMILES string of the molecule is NP1(=O)OCO1. The molecule has 1 aliphatic heterocycles. The van der Waals surface area contributed by atoms with E-state index in [9.17, 15) is 4.57 Å². The van der Waals surface area contributed by atoms with Gasteiger partial charge in [0, 0.05) is 0 Å². The summed E-state index contributed by atoms with van der Waals surface area (Å²) in [4.78, 5) is 0. The van der Waals surface area contributed by atoms with Gasteiger partial charge in [0.2, 0.25) is 0 Å². The van der Waals surface area contributed by atoms with Crippen molar-refractivity contribution >= 4 is 7.75 Å². The van der Waals surface area contributed by atoms with Crippen molar-refractivity contribution in [2.45, 2.75) is 0 Å². The molecule has 5 heteroatoms. The molecule has 0 bridgehead atoms. The lowest BCUT2D eigenvalue weighted by molar-refractivity contribution is 0.00901. The van der Waals surface area contributed by atoms with Crippen molar-refractivity contribution in [3.63, 3.8) is 0 Å². The second-order valence-electron chi connectivity index (χ2n) is 0.916. The van der Waals surface area contributed by atoms with Gasteiger partial charge in [-0.25, -0.2) is 10.1 Å². The number of rotatable bonds is 0. The number of hydrogen-bond donors (Lipinski definition) is 1. The van der Waals surface area contributed by atoms with Crippen molar-refractivity contribution in [3.8, 4) is 0 Å². The molecule has 1 saturated heterocycles.